The van der Waals surface area contributed by atoms with Crippen LogP contribution in [0.3, 0.4) is 0 Å². The van der Waals surface area contributed by atoms with E-state index in [1.54, 1.807) is 0 Å². The van der Waals surface area contributed by atoms with Gasteiger partial charge in [0.2, 0.25) is 0 Å². The van der Waals surface area contributed by atoms with E-state index >= 15 is 0 Å². The first-order chi connectivity index (χ1) is 9.90. The second-order valence-corrected chi connectivity index (χ2v) is 5.28. The van der Waals surface area contributed by atoms with Gasteiger partial charge in [-0.15, -0.1) is 0 Å². The normalized spacial score (nSPS) is 20.3. The molecule has 1 aliphatic heterocycles. The maximum Gasteiger partial charge on any atom is 0.416 e. The van der Waals surface area contributed by atoms with E-state index in [2.05, 4.69) is 17.1 Å². The van der Waals surface area contributed by atoms with Crippen molar-refractivity contribution in [3.63, 3.8) is 0 Å². The summed E-state index contributed by atoms with van der Waals surface area (Å²) in [6, 6.07) is 4.54. The summed E-state index contributed by atoms with van der Waals surface area (Å²) in [5, 5.41) is 2.83. The van der Waals surface area contributed by atoms with Gasteiger partial charge in [-0.05, 0) is 44.1 Å². The highest BCUT2D eigenvalue weighted by Crippen LogP contribution is 2.29. The van der Waals surface area contributed by atoms with E-state index in [4.69, 9.17) is 0 Å². The Bertz CT molecular complexity index is 502. The number of carbonyl (C=O) groups is 1. The van der Waals surface area contributed by atoms with Crippen molar-refractivity contribution in [2.24, 2.45) is 0 Å². The molecule has 1 saturated heterocycles. The van der Waals surface area contributed by atoms with Gasteiger partial charge in [-0.1, -0.05) is 13.0 Å². The Hall–Kier alpha value is -1.56. The van der Waals surface area contributed by atoms with Gasteiger partial charge >= 0.3 is 6.18 Å². The molecular weight excluding hydrogens is 281 g/mol. The van der Waals surface area contributed by atoms with Gasteiger partial charge in [0.15, 0.2) is 0 Å². The second kappa shape index (κ2) is 6.47. The third-order valence-corrected chi connectivity index (χ3v) is 3.74. The summed E-state index contributed by atoms with van der Waals surface area (Å²) in [4.78, 5) is 14.3. The maximum absolute atomic E-state index is 12.6. The minimum atomic E-state index is -4.43. The van der Waals surface area contributed by atoms with Crippen molar-refractivity contribution >= 4 is 5.91 Å². The van der Waals surface area contributed by atoms with Crippen molar-refractivity contribution in [1.82, 2.24) is 10.2 Å². The maximum atomic E-state index is 12.6. The number of hydrogen-bond acceptors (Lipinski definition) is 2. The van der Waals surface area contributed by atoms with Crippen LogP contribution in [-0.2, 0) is 6.18 Å². The quantitative estimate of drug-likeness (QED) is 0.931. The molecule has 0 spiro atoms. The van der Waals surface area contributed by atoms with Crippen LogP contribution in [0, 0.1) is 0 Å². The standard InChI is InChI=1S/C15H19F3N2O/c1-2-20-8-4-7-13(10-20)19-14(21)11-5-3-6-12(9-11)15(16,17)18/h3,5-6,9,13H,2,4,7-8,10H2,1H3,(H,19,21). The number of likely N-dealkylation sites (tertiary alicyclic amines) is 1. The third-order valence-electron chi connectivity index (χ3n) is 3.74. The summed E-state index contributed by atoms with van der Waals surface area (Å²) in [6.07, 6.45) is -2.58. The summed E-state index contributed by atoms with van der Waals surface area (Å²) in [7, 11) is 0. The molecule has 1 aromatic rings. The van der Waals surface area contributed by atoms with Gasteiger partial charge in [0.05, 0.1) is 5.56 Å². The molecule has 1 amide bonds. The molecule has 1 atom stereocenters. The smallest absolute Gasteiger partial charge is 0.348 e. The molecular formula is C15H19F3N2O. The third kappa shape index (κ3) is 4.20. The minimum Gasteiger partial charge on any atom is -0.348 e. The van der Waals surface area contributed by atoms with Gasteiger partial charge in [-0.3, -0.25) is 4.79 Å². The number of nitrogens with one attached hydrogen (secondary N) is 1. The summed E-state index contributed by atoms with van der Waals surface area (Å²) in [5.41, 5.74) is -0.743. The first-order valence-electron chi connectivity index (χ1n) is 7.10. The van der Waals surface area contributed by atoms with Crippen LogP contribution in [0.15, 0.2) is 24.3 Å². The summed E-state index contributed by atoms with van der Waals surface area (Å²) in [5.74, 6) is -0.441. The Morgan fingerprint density at radius 2 is 2.19 bits per heavy atom. The molecule has 1 fully saturated rings. The molecule has 0 aromatic heterocycles. The molecule has 1 heterocycles. The fraction of sp³-hybridized carbons (Fsp3) is 0.533. The highest BCUT2D eigenvalue weighted by molar-refractivity contribution is 5.94. The fourth-order valence-corrected chi connectivity index (χ4v) is 2.57. The summed E-state index contributed by atoms with van der Waals surface area (Å²) in [6.45, 7) is 4.72. The zero-order chi connectivity index (χ0) is 15.5. The Morgan fingerprint density at radius 1 is 1.43 bits per heavy atom. The van der Waals surface area contributed by atoms with E-state index in [0.29, 0.717) is 0 Å². The van der Waals surface area contributed by atoms with Crippen molar-refractivity contribution in [1.29, 1.82) is 0 Å². The highest BCUT2D eigenvalue weighted by atomic mass is 19.4. The number of nitrogens with zero attached hydrogens (tertiary/aromatic N) is 1. The van der Waals surface area contributed by atoms with Crippen molar-refractivity contribution < 1.29 is 18.0 Å². The van der Waals surface area contributed by atoms with Crippen molar-refractivity contribution in [2.45, 2.75) is 32.0 Å². The van der Waals surface area contributed by atoms with E-state index in [0.717, 1.165) is 44.6 Å². The lowest BCUT2D eigenvalue weighted by Crippen LogP contribution is -2.47. The summed E-state index contributed by atoms with van der Waals surface area (Å²) >= 11 is 0. The number of piperidine rings is 1. The average Bonchev–Trinajstić information content (AvgIpc) is 2.46. The average molecular weight is 300 g/mol. The van der Waals surface area contributed by atoms with Gasteiger partial charge in [-0.25, -0.2) is 0 Å². The van der Waals surface area contributed by atoms with Crippen LogP contribution in [0.4, 0.5) is 13.2 Å². The monoisotopic (exact) mass is 300 g/mol. The van der Waals surface area contributed by atoms with Gasteiger partial charge in [0, 0.05) is 18.2 Å². The van der Waals surface area contributed by atoms with Crippen LogP contribution in [0.1, 0.15) is 35.7 Å². The molecule has 2 rings (SSSR count). The van der Waals surface area contributed by atoms with Crippen LogP contribution < -0.4 is 5.32 Å². The number of likely N-dealkylation sites (N-methyl/N-ethyl adjacent to an activating group) is 1. The van der Waals surface area contributed by atoms with Crippen LogP contribution >= 0.6 is 0 Å². The number of rotatable bonds is 3. The molecule has 3 nitrogen and oxygen atoms in total. The highest BCUT2D eigenvalue weighted by Gasteiger charge is 2.31. The van der Waals surface area contributed by atoms with Gasteiger partial charge in [0.1, 0.15) is 0 Å². The zero-order valence-electron chi connectivity index (χ0n) is 11.9. The molecule has 0 bridgehead atoms. The first kappa shape index (κ1) is 15.8. The predicted molar refractivity (Wildman–Crippen MR) is 74.0 cm³/mol. The Balaban J connectivity index is 2.03. The SMILES string of the molecule is CCN1CCCC(NC(=O)c2cccc(C(F)(F)F)c2)C1. The van der Waals surface area contributed by atoms with Gasteiger partial charge in [0.25, 0.3) is 5.91 Å². The Kier molecular flexibility index (Phi) is 4.88. The molecule has 21 heavy (non-hydrogen) atoms. The van der Waals surface area contributed by atoms with Gasteiger partial charge in [-0.2, -0.15) is 13.2 Å². The molecule has 0 aliphatic carbocycles. The van der Waals surface area contributed by atoms with Crippen LogP contribution in [0.5, 0.6) is 0 Å². The predicted octanol–water partition coefficient (Wildman–Crippen LogP) is 2.92. The van der Waals surface area contributed by atoms with Crippen molar-refractivity contribution in [3.8, 4) is 0 Å². The van der Waals surface area contributed by atoms with E-state index in [-0.39, 0.29) is 11.6 Å². The fourth-order valence-electron chi connectivity index (χ4n) is 2.57. The molecule has 116 valence electrons. The van der Waals surface area contributed by atoms with Crippen LogP contribution in [0.25, 0.3) is 0 Å². The molecule has 1 unspecified atom stereocenters. The van der Waals surface area contributed by atoms with Crippen molar-refractivity contribution in [3.05, 3.63) is 35.4 Å². The number of benzene rings is 1. The molecule has 6 heteroatoms. The van der Waals surface area contributed by atoms with E-state index < -0.39 is 17.6 Å². The number of carbonyl (C=O) groups excluding carboxylic acids is 1. The first-order valence-corrected chi connectivity index (χ1v) is 7.10. The van der Waals surface area contributed by atoms with E-state index in [9.17, 15) is 18.0 Å². The largest absolute Gasteiger partial charge is 0.416 e. The van der Waals surface area contributed by atoms with Crippen molar-refractivity contribution in [2.75, 3.05) is 19.6 Å². The lowest BCUT2D eigenvalue weighted by Gasteiger charge is -2.32. The molecule has 1 aliphatic rings. The number of halogens is 3. The molecule has 1 N–H and O–H groups in total. The Morgan fingerprint density at radius 3 is 2.86 bits per heavy atom. The van der Waals surface area contributed by atoms with E-state index in [1.165, 1.54) is 12.1 Å². The topological polar surface area (TPSA) is 32.3 Å². The minimum absolute atomic E-state index is 0.000688. The second-order valence-electron chi connectivity index (χ2n) is 5.28. The molecule has 0 radical (unpaired) electrons. The lowest BCUT2D eigenvalue weighted by atomic mass is 10.0. The summed E-state index contributed by atoms with van der Waals surface area (Å²) < 4.78 is 37.9. The number of amides is 1. The zero-order valence-corrected chi connectivity index (χ0v) is 11.9. The van der Waals surface area contributed by atoms with E-state index in [1.807, 2.05) is 0 Å². The number of alkyl halides is 3. The van der Waals surface area contributed by atoms with Crippen LogP contribution in [0.2, 0.25) is 0 Å². The lowest BCUT2D eigenvalue weighted by molar-refractivity contribution is -0.137. The van der Waals surface area contributed by atoms with Gasteiger partial charge < -0.3 is 10.2 Å². The molecule has 1 aromatic carbocycles. The Labute approximate surface area is 122 Å². The molecule has 0 saturated carbocycles. The number of hydrogen-bond donors (Lipinski definition) is 1. The van der Waals surface area contributed by atoms with Crippen LogP contribution in [-0.4, -0.2) is 36.5 Å².